The monoisotopic (exact) mass is 282 g/mol. The number of hydrogen-bond acceptors (Lipinski definition) is 6. The van der Waals surface area contributed by atoms with Gasteiger partial charge >= 0.3 is 0 Å². The van der Waals surface area contributed by atoms with Gasteiger partial charge in [0.15, 0.2) is 12.6 Å². The maximum absolute atomic E-state index is 10.3. The van der Waals surface area contributed by atoms with Gasteiger partial charge in [0, 0.05) is 12.7 Å². The molecule has 2 aliphatic heterocycles. The lowest BCUT2D eigenvalue weighted by Crippen LogP contribution is -2.62. The topological polar surface area (TPSA) is 77.4 Å². The van der Waals surface area contributed by atoms with Crippen LogP contribution in [0.1, 0.15) is 11.9 Å². The van der Waals surface area contributed by atoms with Crippen LogP contribution in [0.2, 0.25) is 0 Å². The van der Waals surface area contributed by atoms with Crippen LogP contribution in [0.3, 0.4) is 0 Å². The van der Waals surface area contributed by atoms with Gasteiger partial charge < -0.3 is 29.2 Å². The first-order valence-electron chi connectivity index (χ1n) is 6.57. The van der Waals surface area contributed by atoms with E-state index in [0.717, 1.165) is 5.56 Å². The molecule has 1 unspecified atom stereocenters. The van der Waals surface area contributed by atoms with Crippen LogP contribution in [0.4, 0.5) is 0 Å². The summed E-state index contributed by atoms with van der Waals surface area (Å²) < 4.78 is 21.8. The molecule has 110 valence electrons. The van der Waals surface area contributed by atoms with Crippen molar-refractivity contribution in [1.29, 1.82) is 0 Å². The number of ether oxygens (including phenoxy) is 4. The molecule has 1 aromatic carbocycles. The first-order chi connectivity index (χ1) is 9.70. The summed E-state index contributed by atoms with van der Waals surface area (Å²) in [6.07, 6.45) is -4.64. The number of aliphatic hydroxyl groups is 2. The van der Waals surface area contributed by atoms with Gasteiger partial charge in [-0.1, -0.05) is 30.3 Å². The lowest BCUT2D eigenvalue weighted by Gasteiger charge is -2.46. The Labute approximate surface area is 116 Å². The largest absolute Gasteiger partial charge is 0.387 e. The quantitative estimate of drug-likeness (QED) is 0.806. The maximum Gasteiger partial charge on any atom is 0.184 e. The van der Waals surface area contributed by atoms with E-state index in [1.807, 2.05) is 30.3 Å². The van der Waals surface area contributed by atoms with Gasteiger partial charge in [-0.05, 0) is 0 Å². The second kappa shape index (κ2) is 5.77. The molecule has 2 heterocycles. The first kappa shape index (κ1) is 13.9. The Balaban J connectivity index is 1.75. The highest BCUT2D eigenvalue weighted by Crippen LogP contribution is 2.34. The number of hydrogen-bond donors (Lipinski definition) is 2. The Morgan fingerprint density at radius 2 is 1.90 bits per heavy atom. The molecule has 1 aromatic rings. The smallest absolute Gasteiger partial charge is 0.184 e. The summed E-state index contributed by atoms with van der Waals surface area (Å²) in [6.45, 7) is 0.245. The van der Waals surface area contributed by atoms with Crippen molar-refractivity contribution in [3.8, 4) is 0 Å². The average Bonchev–Trinajstić information content (AvgIpc) is 2.48. The van der Waals surface area contributed by atoms with Crippen LogP contribution < -0.4 is 0 Å². The van der Waals surface area contributed by atoms with Crippen LogP contribution in [-0.4, -0.2) is 54.6 Å². The van der Waals surface area contributed by atoms with Crippen LogP contribution in [0.5, 0.6) is 0 Å². The Morgan fingerprint density at radius 3 is 2.60 bits per heavy atom. The molecule has 0 radical (unpaired) electrons. The first-order valence-corrected chi connectivity index (χ1v) is 6.57. The van der Waals surface area contributed by atoms with Crippen molar-refractivity contribution in [1.82, 2.24) is 0 Å². The Morgan fingerprint density at radius 1 is 1.15 bits per heavy atom. The van der Waals surface area contributed by atoms with Crippen molar-refractivity contribution < 1.29 is 29.2 Å². The molecule has 0 spiro atoms. The molecule has 3 rings (SSSR count). The molecule has 0 aromatic heterocycles. The van der Waals surface area contributed by atoms with E-state index in [9.17, 15) is 10.2 Å². The van der Waals surface area contributed by atoms with Crippen LogP contribution in [0.25, 0.3) is 0 Å². The molecule has 6 nitrogen and oxygen atoms in total. The van der Waals surface area contributed by atoms with Gasteiger partial charge in [0.25, 0.3) is 0 Å². The van der Waals surface area contributed by atoms with Gasteiger partial charge in [0.05, 0.1) is 6.61 Å². The molecule has 2 saturated heterocycles. The molecule has 2 fully saturated rings. The lowest BCUT2D eigenvalue weighted by atomic mass is 9.98. The lowest BCUT2D eigenvalue weighted by molar-refractivity contribution is -0.357. The number of benzene rings is 1. The molecule has 0 aliphatic carbocycles. The summed E-state index contributed by atoms with van der Waals surface area (Å²) in [5.74, 6) is 0. The van der Waals surface area contributed by atoms with E-state index in [1.54, 1.807) is 0 Å². The Bertz CT molecular complexity index is 439. The highest BCUT2D eigenvalue weighted by atomic mass is 16.7. The molecule has 2 aliphatic rings. The molecule has 0 amide bonds. The van der Waals surface area contributed by atoms with Crippen molar-refractivity contribution in [3.05, 3.63) is 35.9 Å². The van der Waals surface area contributed by atoms with Crippen LogP contribution in [-0.2, 0) is 18.9 Å². The van der Waals surface area contributed by atoms with E-state index in [0.29, 0.717) is 0 Å². The highest BCUT2D eigenvalue weighted by molar-refractivity contribution is 5.16. The van der Waals surface area contributed by atoms with E-state index in [4.69, 9.17) is 18.9 Å². The summed E-state index contributed by atoms with van der Waals surface area (Å²) >= 11 is 0. The van der Waals surface area contributed by atoms with Crippen molar-refractivity contribution >= 4 is 0 Å². The second-order valence-corrected chi connectivity index (χ2v) is 4.93. The second-order valence-electron chi connectivity index (χ2n) is 4.93. The summed E-state index contributed by atoms with van der Waals surface area (Å²) in [5.41, 5.74) is 0.873. The Hall–Kier alpha value is -1.02. The van der Waals surface area contributed by atoms with Gasteiger partial charge in [0.1, 0.15) is 24.4 Å². The molecule has 20 heavy (non-hydrogen) atoms. The third kappa shape index (κ3) is 2.46. The predicted octanol–water partition coefficient (Wildman–Crippen LogP) is 0.194. The van der Waals surface area contributed by atoms with E-state index >= 15 is 0 Å². The zero-order valence-corrected chi connectivity index (χ0v) is 11.1. The van der Waals surface area contributed by atoms with Gasteiger partial charge in [-0.15, -0.1) is 0 Å². The number of aliphatic hydroxyl groups excluding tert-OH is 2. The summed E-state index contributed by atoms with van der Waals surface area (Å²) in [6, 6.07) is 9.48. The number of methoxy groups -OCH3 is 1. The van der Waals surface area contributed by atoms with Crippen molar-refractivity contribution in [3.63, 3.8) is 0 Å². The van der Waals surface area contributed by atoms with Crippen LogP contribution in [0, 0.1) is 0 Å². The van der Waals surface area contributed by atoms with Gasteiger partial charge in [-0.25, -0.2) is 0 Å². The Kier molecular flexibility index (Phi) is 4.02. The molecule has 0 saturated carbocycles. The van der Waals surface area contributed by atoms with E-state index in [-0.39, 0.29) is 6.61 Å². The number of fused-ring (bicyclic) bond motifs is 1. The standard InChI is InChI=1S/C14H18O6/c1-17-12-10(15)11-9(19-13(12)16)7-18-14(20-11)8-5-3-2-4-6-8/h2-6,9-16H,7H2,1H3/t9-,10-,11-,12+,13+,14?/m1/s1. The molecular formula is C14H18O6. The fraction of sp³-hybridized carbons (Fsp3) is 0.571. The summed E-state index contributed by atoms with van der Waals surface area (Å²) in [7, 11) is 1.41. The van der Waals surface area contributed by atoms with E-state index in [1.165, 1.54) is 7.11 Å². The predicted molar refractivity (Wildman–Crippen MR) is 67.7 cm³/mol. The minimum atomic E-state index is -1.18. The van der Waals surface area contributed by atoms with Crippen molar-refractivity contribution in [2.75, 3.05) is 13.7 Å². The van der Waals surface area contributed by atoms with E-state index in [2.05, 4.69) is 0 Å². The van der Waals surface area contributed by atoms with Gasteiger partial charge in [-0.2, -0.15) is 0 Å². The third-order valence-corrected chi connectivity index (χ3v) is 3.67. The van der Waals surface area contributed by atoms with Gasteiger partial charge in [-0.3, -0.25) is 0 Å². The fourth-order valence-electron chi connectivity index (χ4n) is 2.62. The average molecular weight is 282 g/mol. The van der Waals surface area contributed by atoms with Crippen molar-refractivity contribution in [2.45, 2.75) is 37.0 Å². The highest BCUT2D eigenvalue weighted by Gasteiger charge is 2.49. The number of rotatable bonds is 2. The third-order valence-electron chi connectivity index (χ3n) is 3.67. The maximum atomic E-state index is 10.3. The molecule has 2 N–H and O–H groups in total. The summed E-state index contributed by atoms with van der Waals surface area (Å²) in [4.78, 5) is 0. The minimum absolute atomic E-state index is 0.245. The van der Waals surface area contributed by atoms with Crippen LogP contribution >= 0.6 is 0 Å². The van der Waals surface area contributed by atoms with Crippen LogP contribution in [0.15, 0.2) is 30.3 Å². The van der Waals surface area contributed by atoms with Gasteiger partial charge in [0.2, 0.25) is 0 Å². The molecule has 6 heteroatoms. The SMILES string of the molecule is CO[C@H]1[C@H](O)[C@@H]2OC(c3ccccc3)OC[C@H]2O[C@@H]1O. The van der Waals surface area contributed by atoms with E-state index < -0.39 is 37.0 Å². The minimum Gasteiger partial charge on any atom is -0.387 e. The molecule has 0 bridgehead atoms. The summed E-state index contributed by atoms with van der Waals surface area (Å²) in [5, 5.41) is 20.0. The zero-order chi connectivity index (χ0) is 14.1. The van der Waals surface area contributed by atoms with Crippen molar-refractivity contribution in [2.24, 2.45) is 0 Å². The zero-order valence-electron chi connectivity index (χ0n) is 11.1. The molecule has 6 atom stereocenters. The fourth-order valence-corrected chi connectivity index (χ4v) is 2.62. The normalized spacial score (nSPS) is 41.1. The molecular weight excluding hydrogens is 264 g/mol.